The lowest BCUT2D eigenvalue weighted by atomic mass is 10.1. The quantitative estimate of drug-likeness (QED) is 0.546. The lowest BCUT2D eigenvalue weighted by Crippen LogP contribution is -2.50. The molecular weight excluding hydrogens is 404 g/mol. The number of benzene rings is 2. The number of nitrogens with zero attached hydrogens (tertiary/aromatic N) is 2. The van der Waals surface area contributed by atoms with Crippen molar-refractivity contribution >= 4 is 17.6 Å². The highest BCUT2D eigenvalue weighted by Crippen LogP contribution is 2.31. The van der Waals surface area contributed by atoms with E-state index in [0.29, 0.717) is 37.4 Å². The van der Waals surface area contributed by atoms with E-state index >= 15 is 0 Å². The number of piperazine rings is 1. The molecule has 9 heteroatoms. The zero-order valence-electron chi connectivity index (χ0n) is 16.0. The third kappa shape index (κ3) is 5.71. The molecule has 2 aromatic carbocycles. The van der Waals surface area contributed by atoms with Gasteiger partial charge in [0.2, 0.25) is 0 Å². The Morgan fingerprint density at radius 3 is 2.27 bits per heavy atom. The summed E-state index contributed by atoms with van der Waals surface area (Å²) in [5.41, 5.74) is 0.303. The van der Waals surface area contributed by atoms with Crippen molar-refractivity contribution in [3.05, 3.63) is 65.5 Å². The molecule has 0 radical (unpaired) electrons. The van der Waals surface area contributed by atoms with E-state index in [1.165, 1.54) is 35.2 Å². The Hall–Kier alpha value is -3.10. The van der Waals surface area contributed by atoms with Crippen LogP contribution in [0.4, 0.5) is 23.2 Å². The lowest BCUT2D eigenvalue weighted by Gasteiger charge is -2.36. The molecule has 1 amide bonds. The van der Waals surface area contributed by atoms with E-state index in [0.717, 1.165) is 12.1 Å². The van der Waals surface area contributed by atoms with Gasteiger partial charge < -0.3 is 14.5 Å². The number of alkyl halides is 3. The van der Waals surface area contributed by atoms with Crippen LogP contribution in [0.15, 0.2) is 48.5 Å². The van der Waals surface area contributed by atoms with Crippen molar-refractivity contribution in [2.45, 2.75) is 12.6 Å². The van der Waals surface area contributed by atoms with Crippen molar-refractivity contribution in [2.24, 2.45) is 0 Å². The van der Waals surface area contributed by atoms with Crippen molar-refractivity contribution in [1.29, 1.82) is 0 Å². The van der Waals surface area contributed by atoms with Gasteiger partial charge in [0, 0.05) is 31.9 Å². The second-order valence-electron chi connectivity index (χ2n) is 6.88. The number of hydrogen-bond donors (Lipinski definition) is 0. The summed E-state index contributed by atoms with van der Waals surface area (Å²) >= 11 is 0. The molecule has 0 bridgehead atoms. The van der Waals surface area contributed by atoms with E-state index in [4.69, 9.17) is 4.74 Å². The van der Waals surface area contributed by atoms with Gasteiger partial charge in [-0.3, -0.25) is 9.59 Å². The summed E-state index contributed by atoms with van der Waals surface area (Å²) in [6, 6.07) is 10.5. The van der Waals surface area contributed by atoms with Crippen LogP contribution >= 0.6 is 0 Å². The van der Waals surface area contributed by atoms with Gasteiger partial charge >= 0.3 is 12.1 Å². The Bertz CT molecular complexity index is 892. The van der Waals surface area contributed by atoms with Crippen molar-refractivity contribution < 1.29 is 31.9 Å². The van der Waals surface area contributed by atoms with Crippen molar-refractivity contribution in [3.63, 3.8) is 0 Å². The standard InChI is InChI=1S/C21H20F4N2O3/c22-17-6-4-15(5-7-17)12-20(29)30-14-19(28)27-10-8-26(9-11-27)18-3-1-2-16(13-18)21(23,24)25/h1-7,13H,8-12,14H2. The molecule has 1 fully saturated rings. The summed E-state index contributed by atoms with van der Waals surface area (Å²) < 4.78 is 56.5. The molecule has 5 nitrogen and oxygen atoms in total. The van der Waals surface area contributed by atoms with Crippen molar-refractivity contribution in [2.75, 3.05) is 37.7 Å². The molecule has 0 aliphatic carbocycles. The second kappa shape index (κ2) is 9.15. The predicted octanol–water partition coefficient (Wildman–Crippen LogP) is 3.28. The van der Waals surface area contributed by atoms with Crippen LogP contribution in [-0.4, -0.2) is 49.6 Å². The van der Waals surface area contributed by atoms with E-state index in [1.807, 2.05) is 0 Å². The maximum Gasteiger partial charge on any atom is 0.416 e. The minimum atomic E-state index is -4.41. The minimum absolute atomic E-state index is 0.0725. The number of carbonyl (C=O) groups excluding carboxylic acids is 2. The average molecular weight is 424 g/mol. The smallest absolute Gasteiger partial charge is 0.416 e. The fourth-order valence-corrected chi connectivity index (χ4v) is 3.15. The number of carbonyl (C=O) groups is 2. The second-order valence-corrected chi connectivity index (χ2v) is 6.88. The molecule has 0 N–H and O–H groups in total. The van der Waals surface area contributed by atoms with Crippen LogP contribution in [0.3, 0.4) is 0 Å². The molecular formula is C21H20F4N2O3. The van der Waals surface area contributed by atoms with Gasteiger partial charge in [-0.05, 0) is 35.9 Å². The molecule has 1 heterocycles. The van der Waals surface area contributed by atoms with Crippen LogP contribution in [0.25, 0.3) is 0 Å². The average Bonchev–Trinajstić information content (AvgIpc) is 2.73. The maximum absolute atomic E-state index is 12.9. The lowest BCUT2D eigenvalue weighted by molar-refractivity contribution is -0.151. The predicted molar refractivity (Wildman–Crippen MR) is 101 cm³/mol. The highest BCUT2D eigenvalue weighted by atomic mass is 19.4. The summed E-state index contributed by atoms with van der Waals surface area (Å²) in [5, 5.41) is 0. The van der Waals surface area contributed by atoms with E-state index in [-0.39, 0.29) is 12.3 Å². The van der Waals surface area contributed by atoms with Crippen LogP contribution < -0.4 is 4.90 Å². The SMILES string of the molecule is O=C(Cc1ccc(F)cc1)OCC(=O)N1CCN(c2cccc(C(F)(F)F)c2)CC1. The van der Waals surface area contributed by atoms with E-state index in [2.05, 4.69) is 0 Å². The Kier molecular flexibility index (Phi) is 6.59. The van der Waals surface area contributed by atoms with Crippen molar-refractivity contribution in [3.8, 4) is 0 Å². The first-order valence-corrected chi connectivity index (χ1v) is 9.32. The maximum atomic E-state index is 12.9. The van der Waals surface area contributed by atoms with Gasteiger partial charge in [-0.15, -0.1) is 0 Å². The molecule has 0 spiro atoms. The molecule has 1 aliphatic heterocycles. The Morgan fingerprint density at radius 2 is 1.63 bits per heavy atom. The van der Waals surface area contributed by atoms with Crippen LogP contribution in [0.5, 0.6) is 0 Å². The number of rotatable bonds is 5. The highest BCUT2D eigenvalue weighted by Gasteiger charge is 2.31. The van der Waals surface area contributed by atoms with E-state index in [1.54, 1.807) is 11.0 Å². The number of esters is 1. The molecule has 30 heavy (non-hydrogen) atoms. The summed E-state index contributed by atoms with van der Waals surface area (Å²) in [4.78, 5) is 27.4. The van der Waals surface area contributed by atoms with Gasteiger partial charge in [-0.2, -0.15) is 13.2 Å². The van der Waals surface area contributed by atoms with E-state index in [9.17, 15) is 27.2 Å². The Balaban J connectivity index is 1.46. The number of hydrogen-bond acceptors (Lipinski definition) is 4. The number of anilines is 1. The molecule has 1 aliphatic rings. The number of ether oxygens (including phenoxy) is 1. The molecule has 0 saturated carbocycles. The zero-order valence-corrected chi connectivity index (χ0v) is 16.0. The van der Waals surface area contributed by atoms with Gasteiger partial charge in [-0.1, -0.05) is 18.2 Å². The molecule has 0 unspecified atom stereocenters. The molecule has 160 valence electrons. The first-order chi connectivity index (χ1) is 14.2. The summed E-state index contributed by atoms with van der Waals surface area (Å²) in [7, 11) is 0. The van der Waals surface area contributed by atoms with Crippen LogP contribution in [0.1, 0.15) is 11.1 Å². The topological polar surface area (TPSA) is 49.9 Å². The largest absolute Gasteiger partial charge is 0.455 e. The monoisotopic (exact) mass is 424 g/mol. The Morgan fingerprint density at radius 1 is 0.967 bits per heavy atom. The fraction of sp³-hybridized carbons (Fsp3) is 0.333. The summed E-state index contributed by atoms with van der Waals surface area (Å²) in [5.74, 6) is -1.38. The molecule has 0 atom stereocenters. The third-order valence-corrected chi connectivity index (χ3v) is 4.79. The molecule has 0 aromatic heterocycles. The molecule has 1 saturated heterocycles. The van der Waals surface area contributed by atoms with Gasteiger partial charge in [0.1, 0.15) is 5.82 Å². The first kappa shape index (κ1) is 21.6. The fourth-order valence-electron chi connectivity index (χ4n) is 3.15. The summed E-state index contributed by atoms with van der Waals surface area (Å²) in [6.07, 6.45) is -4.48. The summed E-state index contributed by atoms with van der Waals surface area (Å²) in [6.45, 7) is 0.950. The van der Waals surface area contributed by atoms with Gasteiger partial charge in [-0.25, -0.2) is 4.39 Å². The zero-order chi connectivity index (χ0) is 21.7. The first-order valence-electron chi connectivity index (χ1n) is 9.32. The third-order valence-electron chi connectivity index (χ3n) is 4.79. The minimum Gasteiger partial charge on any atom is -0.455 e. The van der Waals surface area contributed by atoms with Gasteiger partial charge in [0.15, 0.2) is 6.61 Å². The van der Waals surface area contributed by atoms with Crippen molar-refractivity contribution in [1.82, 2.24) is 4.90 Å². The Labute approximate surface area is 170 Å². The van der Waals surface area contributed by atoms with Crippen LogP contribution in [-0.2, 0) is 26.9 Å². The van der Waals surface area contributed by atoms with Gasteiger partial charge in [0.05, 0.1) is 12.0 Å². The van der Waals surface area contributed by atoms with Crippen LogP contribution in [0.2, 0.25) is 0 Å². The van der Waals surface area contributed by atoms with Crippen LogP contribution in [0, 0.1) is 5.82 Å². The highest BCUT2D eigenvalue weighted by molar-refractivity contribution is 5.81. The van der Waals surface area contributed by atoms with Gasteiger partial charge in [0.25, 0.3) is 5.91 Å². The molecule has 3 rings (SSSR count). The van der Waals surface area contributed by atoms with E-state index < -0.39 is 30.1 Å². The molecule has 2 aromatic rings. The number of halogens is 4. The number of amides is 1. The normalized spacial score (nSPS) is 14.5.